The summed E-state index contributed by atoms with van der Waals surface area (Å²) in [5.74, 6) is 0.302. The van der Waals surface area contributed by atoms with Crippen LogP contribution in [0.4, 0.5) is 14.9 Å². The number of anilines is 1. The second-order valence-corrected chi connectivity index (χ2v) is 9.80. The van der Waals surface area contributed by atoms with Crippen molar-refractivity contribution in [2.24, 2.45) is 0 Å². The van der Waals surface area contributed by atoms with Gasteiger partial charge >= 0.3 is 16.1 Å². The molecule has 0 heterocycles. The number of carbonyl (C=O) groups excluding carboxylic acids is 1. The van der Waals surface area contributed by atoms with Crippen molar-refractivity contribution in [3.05, 3.63) is 78.1 Å². The standard InChI is InChI=1S/C27H31FN2O6S/c1-5-19(3)30(27(31)29-22-10-12-23(13-11-22)35-6-2)18-20-7-16-25(34-4)26(17-20)36-37(32,33)24-14-8-21(28)9-15-24/h7-17,19H,5-6,18H2,1-4H3,(H,29,31)/t19-/m1/s1. The van der Waals surface area contributed by atoms with E-state index in [0.717, 1.165) is 24.3 Å². The van der Waals surface area contributed by atoms with Gasteiger partial charge in [-0.25, -0.2) is 9.18 Å². The number of rotatable bonds is 11. The van der Waals surface area contributed by atoms with Crippen LogP contribution < -0.4 is 19.0 Å². The van der Waals surface area contributed by atoms with Crippen molar-refractivity contribution < 1.29 is 31.3 Å². The van der Waals surface area contributed by atoms with E-state index >= 15 is 0 Å². The number of methoxy groups -OCH3 is 1. The summed E-state index contributed by atoms with van der Waals surface area (Å²) < 4.78 is 54.8. The first kappa shape index (κ1) is 27.8. The van der Waals surface area contributed by atoms with Gasteiger partial charge in [0.05, 0.1) is 13.7 Å². The molecule has 37 heavy (non-hydrogen) atoms. The number of carbonyl (C=O) groups is 1. The number of halogens is 1. The maximum atomic E-state index is 13.2. The van der Waals surface area contributed by atoms with Gasteiger partial charge in [0, 0.05) is 18.3 Å². The molecule has 0 unspecified atom stereocenters. The van der Waals surface area contributed by atoms with Crippen molar-refractivity contribution in [2.45, 2.75) is 44.7 Å². The number of amides is 2. The Hall–Kier alpha value is -3.79. The molecule has 3 rings (SSSR count). The summed E-state index contributed by atoms with van der Waals surface area (Å²) in [4.78, 5) is 14.6. The number of urea groups is 1. The fraction of sp³-hybridized carbons (Fsp3) is 0.296. The van der Waals surface area contributed by atoms with E-state index in [-0.39, 0.29) is 35.0 Å². The minimum absolute atomic E-state index is 0.0413. The van der Waals surface area contributed by atoms with E-state index in [1.807, 2.05) is 20.8 Å². The number of nitrogens with one attached hydrogen (secondary N) is 1. The second kappa shape index (κ2) is 12.4. The van der Waals surface area contributed by atoms with E-state index < -0.39 is 15.9 Å². The van der Waals surface area contributed by atoms with Gasteiger partial charge < -0.3 is 23.9 Å². The zero-order valence-corrected chi connectivity index (χ0v) is 22.0. The van der Waals surface area contributed by atoms with Gasteiger partial charge in [-0.2, -0.15) is 8.42 Å². The lowest BCUT2D eigenvalue weighted by Gasteiger charge is -2.29. The van der Waals surface area contributed by atoms with Crippen LogP contribution in [0.1, 0.15) is 32.8 Å². The highest BCUT2D eigenvalue weighted by molar-refractivity contribution is 7.87. The molecule has 0 aromatic heterocycles. The van der Waals surface area contributed by atoms with Gasteiger partial charge in [-0.1, -0.05) is 13.0 Å². The van der Waals surface area contributed by atoms with Crippen molar-refractivity contribution in [2.75, 3.05) is 19.0 Å². The number of nitrogens with zero attached hydrogens (tertiary/aromatic N) is 1. The molecule has 1 atom stereocenters. The zero-order valence-electron chi connectivity index (χ0n) is 21.2. The molecule has 2 amide bonds. The lowest BCUT2D eigenvalue weighted by molar-refractivity contribution is 0.187. The Morgan fingerprint density at radius 3 is 2.27 bits per heavy atom. The molecule has 10 heteroatoms. The van der Waals surface area contributed by atoms with E-state index in [9.17, 15) is 17.6 Å². The van der Waals surface area contributed by atoms with E-state index in [2.05, 4.69) is 5.32 Å². The zero-order chi connectivity index (χ0) is 27.0. The molecule has 8 nitrogen and oxygen atoms in total. The molecular weight excluding hydrogens is 499 g/mol. The fourth-order valence-corrected chi connectivity index (χ4v) is 4.43. The number of ether oxygens (including phenoxy) is 2. The van der Waals surface area contributed by atoms with Gasteiger partial charge in [-0.05, 0) is 86.5 Å². The second-order valence-electron chi connectivity index (χ2n) is 8.25. The predicted molar refractivity (Wildman–Crippen MR) is 139 cm³/mol. The lowest BCUT2D eigenvalue weighted by atomic mass is 10.1. The summed E-state index contributed by atoms with van der Waals surface area (Å²) in [6, 6.07) is 15.8. The molecular formula is C27H31FN2O6S. The van der Waals surface area contributed by atoms with Crippen molar-refractivity contribution in [1.29, 1.82) is 0 Å². The Kier molecular flexibility index (Phi) is 9.35. The fourth-order valence-electron chi connectivity index (χ4n) is 3.49. The highest BCUT2D eigenvalue weighted by Crippen LogP contribution is 2.32. The Labute approximate surface area is 217 Å². The van der Waals surface area contributed by atoms with Crippen LogP contribution in [-0.4, -0.2) is 39.1 Å². The largest absolute Gasteiger partial charge is 0.494 e. The average molecular weight is 531 g/mol. The van der Waals surface area contributed by atoms with Crippen LogP contribution in [0.15, 0.2) is 71.6 Å². The first-order chi connectivity index (χ1) is 17.7. The third-order valence-electron chi connectivity index (χ3n) is 5.68. The molecule has 0 aliphatic carbocycles. The van der Waals surface area contributed by atoms with Crippen LogP contribution >= 0.6 is 0 Å². The molecule has 0 fully saturated rings. The van der Waals surface area contributed by atoms with Crippen LogP contribution in [-0.2, 0) is 16.7 Å². The average Bonchev–Trinajstić information content (AvgIpc) is 2.88. The summed E-state index contributed by atoms with van der Waals surface area (Å²) in [6.07, 6.45) is 0.704. The van der Waals surface area contributed by atoms with E-state index in [4.69, 9.17) is 13.7 Å². The first-order valence-electron chi connectivity index (χ1n) is 11.8. The van der Waals surface area contributed by atoms with Gasteiger partial charge in [0.15, 0.2) is 11.5 Å². The molecule has 0 radical (unpaired) electrons. The Bertz CT molecular complexity index is 1300. The van der Waals surface area contributed by atoms with Gasteiger partial charge in [-0.15, -0.1) is 0 Å². The quantitative estimate of drug-likeness (QED) is 0.313. The van der Waals surface area contributed by atoms with Crippen LogP contribution in [0.5, 0.6) is 17.2 Å². The number of benzene rings is 3. The molecule has 0 saturated heterocycles. The van der Waals surface area contributed by atoms with Crippen molar-refractivity contribution in [3.8, 4) is 17.2 Å². The van der Waals surface area contributed by atoms with Crippen LogP contribution in [0.3, 0.4) is 0 Å². The molecule has 0 saturated carbocycles. The van der Waals surface area contributed by atoms with Gasteiger partial charge in [0.25, 0.3) is 0 Å². The first-order valence-corrected chi connectivity index (χ1v) is 13.2. The highest BCUT2D eigenvalue weighted by Gasteiger charge is 2.23. The lowest BCUT2D eigenvalue weighted by Crippen LogP contribution is -2.40. The smallest absolute Gasteiger partial charge is 0.339 e. The molecule has 3 aromatic carbocycles. The number of hydrogen-bond acceptors (Lipinski definition) is 6. The molecule has 0 spiro atoms. The maximum absolute atomic E-state index is 13.2. The van der Waals surface area contributed by atoms with Gasteiger partial charge in [-0.3, -0.25) is 0 Å². The summed E-state index contributed by atoms with van der Waals surface area (Å²) in [6.45, 7) is 6.53. The minimum atomic E-state index is -4.24. The van der Waals surface area contributed by atoms with Crippen molar-refractivity contribution >= 4 is 21.8 Å². The highest BCUT2D eigenvalue weighted by atomic mass is 32.2. The minimum Gasteiger partial charge on any atom is -0.494 e. The molecule has 0 bridgehead atoms. The molecule has 1 N–H and O–H groups in total. The summed E-state index contributed by atoms with van der Waals surface area (Å²) >= 11 is 0. The number of hydrogen-bond donors (Lipinski definition) is 1. The molecule has 198 valence electrons. The van der Waals surface area contributed by atoms with E-state index in [1.54, 1.807) is 41.3 Å². The van der Waals surface area contributed by atoms with E-state index in [0.29, 0.717) is 30.0 Å². The topological polar surface area (TPSA) is 94.2 Å². The molecule has 0 aliphatic heterocycles. The van der Waals surface area contributed by atoms with E-state index in [1.165, 1.54) is 13.2 Å². The van der Waals surface area contributed by atoms with Crippen LogP contribution in [0, 0.1) is 5.82 Å². The maximum Gasteiger partial charge on any atom is 0.339 e. The van der Waals surface area contributed by atoms with Gasteiger partial charge in [0.2, 0.25) is 0 Å². The third kappa shape index (κ3) is 7.36. The van der Waals surface area contributed by atoms with Crippen molar-refractivity contribution in [3.63, 3.8) is 0 Å². The molecule has 3 aromatic rings. The summed E-state index contributed by atoms with van der Waals surface area (Å²) in [5.41, 5.74) is 1.25. The third-order valence-corrected chi connectivity index (χ3v) is 6.93. The Morgan fingerprint density at radius 2 is 1.68 bits per heavy atom. The molecule has 0 aliphatic rings. The normalized spacial score (nSPS) is 11.9. The van der Waals surface area contributed by atoms with Crippen LogP contribution in [0.2, 0.25) is 0 Å². The predicted octanol–water partition coefficient (Wildman–Crippen LogP) is 5.83. The Balaban J connectivity index is 1.82. The Morgan fingerprint density at radius 1 is 1.00 bits per heavy atom. The van der Waals surface area contributed by atoms with Gasteiger partial charge in [0.1, 0.15) is 16.5 Å². The SMILES string of the molecule is CCOc1ccc(NC(=O)N(Cc2ccc(OC)c(OS(=O)(=O)c3ccc(F)cc3)c2)[C@H](C)CC)cc1. The summed E-state index contributed by atoms with van der Waals surface area (Å²) in [5, 5.41) is 2.90. The van der Waals surface area contributed by atoms with Crippen molar-refractivity contribution in [1.82, 2.24) is 4.90 Å². The monoisotopic (exact) mass is 530 g/mol. The van der Waals surface area contributed by atoms with Crippen LogP contribution in [0.25, 0.3) is 0 Å². The summed E-state index contributed by atoms with van der Waals surface area (Å²) in [7, 11) is -2.85.